The monoisotopic (exact) mass is 202 g/mol. The Balaban J connectivity index is 2.55. The molecule has 1 aliphatic rings. The van der Waals surface area contributed by atoms with Gasteiger partial charge in [0.2, 0.25) is 0 Å². The van der Waals surface area contributed by atoms with Crippen LogP contribution >= 0.6 is 0 Å². The third kappa shape index (κ3) is 1.56. The largest absolute Gasteiger partial charge is 0.457 e. The molecule has 0 aliphatic carbocycles. The van der Waals surface area contributed by atoms with Crippen LogP contribution in [0.15, 0.2) is 29.8 Å². The first-order valence-electron chi connectivity index (χ1n) is 4.65. The lowest BCUT2D eigenvalue weighted by atomic mass is 9.98. The first kappa shape index (κ1) is 9.65. The molecular formula is C12H10O3. The summed E-state index contributed by atoms with van der Waals surface area (Å²) < 4.78 is 4.90. The summed E-state index contributed by atoms with van der Waals surface area (Å²) in [5.41, 5.74) is 2.77. The van der Waals surface area contributed by atoms with Crippen molar-refractivity contribution in [2.45, 2.75) is 6.92 Å². The van der Waals surface area contributed by atoms with E-state index in [4.69, 9.17) is 4.74 Å². The zero-order valence-corrected chi connectivity index (χ0v) is 8.32. The molecule has 3 nitrogen and oxygen atoms in total. The predicted octanol–water partition coefficient (Wildman–Crippen LogP) is 1.83. The molecule has 0 spiro atoms. The summed E-state index contributed by atoms with van der Waals surface area (Å²) in [7, 11) is 0. The maximum atomic E-state index is 11.2. The molecule has 0 saturated carbocycles. The second-order valence-electron chi connectivity index (χ2n) is 3.38. The van der Waals surface area contributed by atoms with Gasteiger partial charge in [0.05, 0.1) is 0 Å². The van der Waals surface area contributed by atoms with Gasteiger partial charge in [-0.2, -0.15) is 0 Å². The number of hydrogen-bond donors (Lipinski definition) is 0. The lowest BCUT2D eigenvalue weighted by Gasteiger charge is -2.04. The second kappa shape index (κ2) is 3.69. The number of rotatable bonds is 2. The van der Waals surface area contributed by atoms with Crippen molar-refractivity contribution in [2.24, 2.45) is 0 Å². The summed E-state index contributed by atoms with van der Waals surface area (Å²) in [6, 6.07) is 7.18. The van der Waals surface area contributed by atoms with Crippen LogP contribution in [0, 0.1) is 0 Å². The first-order valence-corrected chi connectivity index (χ1v) is 4.65. The maximum absolute atomic E-state index is 11.2. The minimum Gasteiger partial charge on any atom is -0.457 e. The van der Waals surface area contributed by atoms with Crippen molar-refractivity contribution < 1.29 is 14.3 Å². The highest BCUT2D eigenvalue weighted by molar-refractivity contribution is 6.03. The van der Waals surface area contributed by atoms with Crippen molar-refractivity contribution in [3.63, 3.8) is 0 Å². The molecule has 0 bridgehead atoms. The van der Waals surface area contributed by atoms with Crippen LogP contribution in [-0.4, -0.2) is 18.9 Å². The Morgan fingerprint density at radius 3 is 2.67 bits per heavy atom. The SMILES string of the molecule is CC1=C(c2ccccc2C=O)COC1=O. The Kier molecular flexibility index (Phi) is 2.37. The molecule has 15 heavy (non-hydrogen) atoms. The smallest absolute Gasteiger partial charge is 0.334 e. The summed E-state index contributed by atoms with van der Waals surface area (Å²) in [4.78, 5) is 22.0. The van der Waals surface area contributed by atoms with E-state index in [9.17, 15) is 9.59 Å². The molecule has 0 saturated heterocycles. The number of hydrogen-bond acceptors (Lipinski definition) is 3. The van der Waals surface area contributed by atoms with Crippen LogP contribution < -0.4 is 0 Å². The maximum Gasteiger partial charge on any atom is 0.334 e. The molecule has 0 unspecified atom stereocenters. The van der Waals surface area contributed by atoms with E-state index in [2.05, 4.69) is 0 Å². The summed E-state index contributed by atoms with van der Waals surface area (Å²) >= 11 is 0. The van der Waals surface area contributed by atoms with Gasteiger partial charge >= 0.3 is 5.97 Å². The van der Waals surface area contributed by atoms with Crippen molar-refractivity contribution >= 4 is 17.8 Å². The number of aldehydes is 1. The highest BCUT2D eigenvalue weighted by Gasteiger charge is 2.23. The normalized spacial score (nSPS) is 15.4. The van der Waals surface area contributed by atoms with Crippen LogP contribution in [0.5, 0.6) is 0 Å². The fourth-order valence-electron chi connectivity index (χ4n) is 1.63. The third-order valence-electron chi connectivity index (χ3n) is 2.52. The summed E-state index contributed by atoms with van der Waals surface area (Å²) in [5.74, 6) is -0.300. The molecule has 1 aliphatic heterocycles. The molecular weight excluding hydrogens is 192 g/mol. The molecule has 76 valence electrons. The number of carbonyl (C=O) groups excluding carboxylic acids is 2. The second-order valence-corrected chi connectivity index (χ2v) is 3.38. The minimum absolute atomic E-state index is 0.259. The topological polar surface area (TPSA) is 43.4 Å². The van der Waals surface area contributed by atoms with Gasteiger partial charge in [0.15, 0.2) is 6.29 Å². The fraction of sp³-hybridized carbons (Fsp3) is 0.167. The van der Waals surface area contributed by atoms with Gasteiger partial charge in [0, 0.05) is 16.7 Å². The van der Waals surface area contributed by atoms with Crippen molar-refractivity contribution in [1.82, 2.24) is 0 Å². The zero-order valence-electron chi connectivity index (χ0n) is 8.32. The molecule has 0 fully saturated rings. The van der Waals surface area contributed by atoms with Gasteiger partial charge in [-0.15, -0.1) is 0 Å². The van der Waals surface area contributed by atoms with Gasteiger partial charge in [-0.25, -0.2) is 4.79 Å². The minimum atomic E-state index is -0.300. The van der Waals surface area contributed by atoms with Gasteiger partial charge in [-0.1, -0.05) is 24.3 Å². The van der Waals surface area contributed by atoms with E-state index in [1.165, 1.54) is 0 Å². The fourth-order valence-corrected chi connectivity index (χ4v) is 1.63. The molecule has 0 amide bonds. The summed E-state index contributed by atoms with van der Waals surface area (Å²) in [6.07, 6.45) is 0.790. The molecule has 1 aromatic rings. The standard InChI is InChI=1S/C12H10O3/c1-8-11(7-15-12(8)14)10-5-3-2-4-9(10)6-13/h2-6H,7H2,1H3. The summed E-state index contributed by atoms with van der Waals surface area (Å²) in [5, 5.41) is 0. The molecule has 1 aromatic carbocycles. The third-order valence-corrected chi connectivity index (χ3v) is 2.52. The molecule has 0 aromatic heterocycles. The number of carbonyl (C=O) groups is 2. The van der Waals surface area contributed by atoms with Crippen LogP contribution in [0.1, 0.15) is 22.8 Å². The van der Waals surface area contributed by atoms with Gasteiger partial charge in [0.1, 0.15) is 6.61 Å². The van der Waals surface area contributed by atoms with E-state index in [1.807, 2.05) is 12.1 Å². The van der Waals surface area contributed by atoms with Crippen LogP contribution in [0.4, 0.5) is 0 Å². The van der Waals surface area contributed by atoms with E-state index in [0.29, 0.717) is 11.1 Å². The van der Waals surface area contributed by atoms with E-state index < -0.39 is 0 Å². The molecule has 3 heteroatoms. The number of ether oxygens (including phenoxy) is 1. The number of cyclic esters (lactones) is 1. The van der Waals surface area contributed by atoms with Crippen LogP contribution in [0.25, 0.3) is 5.57 Å². The highest BCUT2D eigenvalue weighted by Crippen LogP contribution is 2.27. The predicted molar refractivity (Wildman–Crippen MR) is 55.4 cm³/mol. The zero-order chi connectivity index (χ0) is 10.8. The van der Waals surface area contributed by atoms with Crippen LogP contribution in [-0.2, 0) is 9.53 Å². The Bertz CT molecular complexity index is 458. The highest BCUT2D eigenvalue weighted by atomic mass is 16.5. The average molecular weight is 202 g/mol. The summed E-state index contributed by atoms with van der Waals surface area (Å²) in [6.45, 7) is 1.97. The molecule has 0 N–H and O–H groups in total. The molecule has 1 heterocycles. The van der Waals surface area contributed by atoms with Gasteiger partial charge in [-0.05, 0) is 12.5 Å². The number of benzene rings is 1. The first-order chi connectivity index (χ1) is 7.24. The lowest BCUT2D eigenvalue weighted by Crippen LogP contribution is -1.94. The van der Waals surface area contributed by atoms with Crippen molar-refractivity contribution in [3.05, 3.63) is 41.0 Å². The van der Waals surface area contributed by atoms with Crippen molar-refractivity contribution in [2.75, 3.05) is 6.61 Å². The van der Waals surface area contributed by atoms with Gasteiger partial charge in [0.25, 0.3) is 0 Å². The van der Waals surface area contributed by atoms with Crippen molar-refractivity contribution in [1.29, 1.82) is 0 Å². The number of esters is 1. The lowest BCUT2D eigenvalue weighted by molar-refractivity contribution is -0.135. The Morgan fingerprint density at radius 2 is 2.07 bits per heavy atom. The Labute approximate surface area is 87.4 Å². The van der Waals surface area contributed by atoms with Crippen LogP contribution in [0.2, 0.25) is 0 Å². The van der Waals surface area contributed by atoms with E-state index in [-0.39, 0.29) is 12.6 Å². The quantitative estimate of drug-likeness (QED) is 0.542. The average Bonchev–Trinajstić information content (AvgIpc) is 2.60. The van der Waals surface area contributed by atoms with E-state index in [1.54, 1.807) is 19.1 Å². The Morgan fingerprint density at radius 1 is 1.33 bits per heavy atom. The molecule has 2 rings (SSSR count). The Hall–Kier alpha value is -1.90. The van der Waals surface area contributed by atoms with Crippen molar-refractivity contribution in [3.8, 4) is 0 Å². The van der Waals surface area contributed by atoms with E-state index >= 15 is 0 Å². The van der Waals surface area contributed by atoms with Gasteiger partial charge < -0.3 is 4.74 Å². The van der Waals surface area contributed by atoms with E-state index in [0.717, 1.165) is 17.4 Å². The van der Waals surface area contributed by atoms with Gasteiger partial charge in [-0.3, -0.25) is 4.79 Å². The molecule has 0 atom stereocenters. The van der Waals surface area contributed by atoms with Crippen LogP contribution in [0.3, 0.4) is 0 Å². The molecule has 0 radical (unpaired) electrons.